The van der Waals surface area contributed by atoms with E-state index in [0.717, 1.165) is 6.08 Å². The van der Waals surface area contributed by atoms with Crippen LogP contribution >= 0.6 is 0 Å². The summed E-state index contributed by atoms with van der Waals surface area (Å²) in [6.45, 7) is 5.76. The molecule has 0 aromatic heterocycles. The normalized spacial score (nSPS) is 10.8. The Morgan fingerprint density at radius 2 is 1.91 bits per heavy atom. The molecular weight excluding hydrogens is 157 g/mol. The third-order valence-electron chi connectivity index (χ3n) is 1.01. The van der Waals surface area contributed by atoms with Gasteiger partial charge in [0.25, 0.3) is 0 Å². The smallest absolute Gasteiger partial charge is 0.294 e. The summed E-state index contributed by atoms with van der Waals surface area (Å²) in [6, 6.07) is 0. The lowest BCUT2D eigenvalue weighted by Crippen LogP contribution is -2.18. The number of allylic oxidation sites excluding steroid dienone is 2. The summed E-state index contributed by atoms with van der Waals surface area (Å²) >= 11 is 0. The van der Waals surface area contributed by atoms with E-state index in [9.17, 15) is 18.0 Å². The first-order valence-corrected chi connectivity index (χ1v) is 2.79. The van der Waals surface area contributed by atoms with Crippen LogP contribution in [-0.2, 0) is 4.79 Å². The summed E-state index contributed by atoms with van der Waals surface area (Å²) in [6.07, 6.45) is -3.82. The molecule has 4 heteroatoms. The van der Waals surface area contributed by atoms with E-state index in [1.54, 1.807) is 0 Å². The van der Waals surface area contributed by atoms with Crippen LogP contribution in [0, 0.1) is 0 Å². The summed E-state index contributed by atoms with van der Waals surface area (Å²) in [5.41, 5.74) is -1.32. The highest BCUT2D eigenvalue weighted by Crippen LogP contribution is 2.25. The van der Waals surface area contributed by atoms with Crippen LogP contribution < -0.4 is 0 Å². The van der Waals surface area contributed by atoms with E-state index in [1.165, 1.54) is 0 Å². The van der Waals surface area contributed by atoms with Gasteiger partial charge in [0.05, 0.1) is 5.57 Å². The third kappa shape index (κ3) is 3.02. The molecule has 1 nitrogen and oxygen atoms in total. The maximum atomic E-state index is 11.7. The van der Waals surface area contributed by atoms with Crippen molar-refractivity contribution in [3.05, 3.63) is 24.8 Å². The molecule has 0 N–H and O–H groups in total. The molecule has 0 spiro atoms. The van der Waals surface area contributed by atoms with Gasteiger partial charge >= 0.3 is 6.18 Å². The van der Waals surface area contributed by atoms with Gasteiger partial charge in [-0.05, 0) is 0 Å². The van der Waals surface area contributed by atoms with Crippen molar-refractivity contribution in [3.63, 3.8) is 0 Å². The lowest BCUT2D eigenvalue weighted by molar-refractivity contribution is -0.128. The molecule has 0 aromatic rings. The van der Waals surface area contributed by atoms with Gasteiger partial charge in [-0.15, -0.1) is 6.58 Å². The summed E-state index contributed by atoms with van der Waals surface area (Å²) in [4.78, 5) is 10.5. The standard InChI is InChI=1S/C7H7F3O/c1-3-4-6(11)5(2)7(8,9)10/h3H,1-2,4H2. The predicted octanol–water partition coefficient (Wildman–Crippen LogP) is 2.25. The average molecular weight is 164 g/mol. The second-order valence-electron chi connectivity index (χ2n) is 1.89. The molecule has 0 aliphatic heterocycles. The second kappa shape index (κ2) is 3.37. The van der Waals surface area contributed by atoms with Crippen molar-refractivity contribution in [2.45, 2.75) is 12.6 Å². The first-order valence-electron chi connectivity index (χ1n) is 2.79. The van der Waals surface area contributed by atoms with E-state index < -0.39 is 17.5 Å². The zero-order chi connectivity index (χ0) is 9.07. The number of halogens is 3. The fraction of sp³-hybridized carbons (Fsp3) is 0.286. The lowest BCUT2D eigenvalue weighted by atomic mass is 10.1. The van der Waals surface area contributed by atoms with Crippen LogP contribution in [0.3, 0.4) is 0 Å². The number of ketones is 1. The van der Waals surface area contributed by atoms with Gasteiger partial charge in [-0.3, -0.25) is 4.79 Å². The fourth-order valence-electron chi connectivity index (χ4n) is 0.412. The summed E-state index contributed by atoms with van der Waals surface area (Å²) < 4.78 is 35.0. The van der Waals surface area contributed by atoms with E-state index in [4.69, 9.17) is 0 Å². The van der Waals surface area contributed by atoms with Crippen LogP contribution in [0.2, 0.25) is 0 Å². The van der Waals surface area contributed by atoms with Gasteiger partial charge in [0.1, 0.15) is 0 Å². The molecule has 0 rings (SSSR count). The second-order valence-corrected chi connectivity index (χ2v) is 1.89. The highest BCUT2D eigenvalue weighted by molar-refractivity contribution is 5.96. The molecule has 0 radical (unpaired) electrons. The molecule has 0 aliphatic rings. The Balaban J connectivity index is 4.26. The van der Waals surface area contributed by atoms with Crippen LogP contribution in [-0.4, -0.2) is 12.0 Å². The van der Waals surface area contributed by atoms with E-state index in [-0.39, 0.29) is 6.42 Å². The van der Waals surface area contributed by atoms with Crippen molar-refractivity contribution in [1.82, 2.24) is 0 Å². The number of carbonyl (C=O) groups is 1. The molecule has 0 heterocycles. The van der Waals surface area contributed by atoms with Crippen molar-refractivity contribution in [2.24, 2.45) is 0 Å². The Labute approximate surface area is 62.2 Å². The number of rotatable bonds is 3. The van der Waals surface area contributed by atoms with E-state index in [0.29, 0.717) is 0 Å². The van der Waals surface area contributed by atoms with Gasteiger partial charge in [-0.25, -0.2) is 0 Å². The number of hydrogen-bond acceptors (Lipinski definition) is 1. The molecular formula is C7H7F3O. The molecule has 0 atom stereocenters. The van der Waals surface area contributed by atoms with Gasteiger partial charge < -0.3 is 0 Å². The Bertz CT molecular complexity index is 190. The first kappa shape index (κ1) is 9.94. The molecule has 0 saturated heterocycles. The van der Waals surface area contributed by atoms with E-state index in [1.807, 2.05) is 0 Å². The monoisotopic (exact) mass is 164 g/mol. The Morgan fingerprint density at radius 1 is 1.45 bits per heavy atom. The minimum Gasteiger partial charge on any atom is -0.294 e. The molecule has 0 saturated carbocycles. The minimum atomic E-state index is -4.61. The van der Waals surface area contributed by atoms with Gasteiger partial charge in [0.2, 0.25) is 0 Å². The third-order valence-corrected chi connectivity index (χ3v) is 1.01. The SMILES string of the molecule is C=CCC(=O)C(=C)C(F)(F)F. The molecule has 0 aromatic carbocycles. The average Bonchev–Trinajstić information content (AvgIpc) is 1.85. The van der Waals surface area contributed by atoms with Gasteiger partial charge in [0, 0.05) is 6.42 Å². The van der Waals surface area contributed by atoms with Gasteiger partial charge in [-0.2, -0.15) is 13.2 Å². The van der Waals surface area contributed by atoms with Crippen LogP contribution in [0.15, 0.2) is 24.8 Å². The summed E-state index contributed by atoms with van der Waals surface area (Å²) in [7, 11) is 0. The molecule has 0 aliphatic carbocycles. The molecule has 0 bridgehead atoms. The van der Waals surface area contributed by atoms with Crippen molar-refractivity contribution >= 4 is 5.78 Å². The summed E-state index contributed by atoms with van der Waals surface area (Å²) in [5, 5.41) is 0. The highest BCUT2D eigenvalue weighted by Gasteiger charge is 2.35. The van der Waals surface area contributed by atoms with Crippen molar-refractivity contribution in [2.75, 3.05) is 0 Å². The van der Waals surface area contributed by atoms with Gasteiger partial charge in [-0.1, -0.05) is 12.7 Å². The molecule has 11 heavy (non-hydrogen) atoms. The van der Waals surface area contributed by atoms with Crippen molar-refractivity contribution < 1.29 is 18.0 Å². The van der Waals surface area contributed by atoms with Gasteiger partial charge in [0.15, 0.2) is 5.78 Å². The largest absolute Gasteiger partial charge is 0.419 e. The zero-order valence-electron chi connectivity index (χ0n) is 5.74. The first-order chi connectivity index (χ1) is 4.89. The van der Waals surface area contributed by atoms with E-state index in [2.05, 4.69) is 13.2 Å². The Hall–Kier alpha value is -1.06. The number of hydrogen-bond donors (Lipinski definition) is 0. The topological polar surface area (TPSA) is 17.1 Å². The van der Waals surface area contributed by atoms with Crippen LogP contribution in [0.5, 0.6) is 0 Å². The predicted molar refractivity (Wildman–Crippen MR) is 35.0 cm³/mol. The van der Waals surface area contributed by atoms with E-state index >= 15 is 0 Å². The Kier molecular flexibility index (Phi) is 3.04. The van der Waals surface area contributed by atoms with Crippen LogP contribution in [0.1, 0.15) is 6.42 Å². The van der Waals surface area contributed by atoms with Crippen molar-refractivity contribution in [3.8, 4) is 0 Å². The number of alkyl halides is 3. The lowest BCUT2D eigenvalue weighted by Gasteiger charge is -2.06. The molecule has 0 amide bonds. The minimum absolute atomic E-state index is 0.321. The van der Waals surface area contributed by atoms with Crippen LogP contribution in [0.25, 0.3) is 0 Å². The maximum absolute atomic E-state index is 11.7. The molecule has 62 valence electrons. The molecule has 0 fully saturated rings. The maximum Gasteiger partial charge on any atom is 0.419 e. The number of Topliss-reactive ketones (excluding diaryl/α,β-unsaturated/α-hetero) is 1. The fourth-order valence-corrected chi connectivity index (χ4v) is 0.412. The van der Waals surface area contributed by atoms with Crippen LogP contribution in [0.4, 0.5) is 13.2 Å². The Morgan fingerprint density at radius 3 is 2.18 bits per heavy atom. The molecule has 0 unspecified atom stereocenters. The zero-order valence-corrected chi connectivity index (χ0v) is 5.74. The highest BCUT2D eigenvalue weighted by atomic mass is 19.4. The van der Waals surface area contributed by atoms with Crippen molar-refractivity contribution in [1.29, 1.82) is 0 Å². The summed E-state index contributed by atoms with van der Waals surface area (Å²) in [5.74, 6) is -1.03. The number of carbonyl (C=O) groups excluding carboxylic acids is 1. The quantitative estimate of drug-likeness (QED) is 0.461.